The Bertz CT molecular complexity index is 616. The first kappa shape index (κ1) is 16.8. The molecule has 25 heavy (non-hydrogen) atoms. The average Bonchev–Trinajstić information content (AvgIpc) is 3.13. The van der Waals surface area contributed by atoms with Crippen LogP contribution in [0.4, 0.5) is 0 Å². The van der Waals surface area contributed by atoms with E-state index in [9.17, 15) is 0 Å². The van der Waals surface area contributed by atoms with E-state index in [0.717, 1.165) is 52.4 Å². The Balaban J connectivity index is 1.27. The summed E-state index contributed by atoms with van der Waals surface area (Å²) in [7, 11) is 0. The van der Waals surface area contributed by atoms with Crippen LogP contribution in [0.3, 0.4) is 0 Å². The lowest BCUT2D eigenvalue weighted by Gasteiger charge is -2.47. The molecule has 1 N–H and O–H groups in total. The minimum atomic E-state index is 0.601. The standard InChI is InChI=1S/C20H28N4O/c1-2-5-17(6-3-1)11-24-12-18-14-25-15-19(13-24)20(18)22-7-4-9-23-10-8-21-16-23/h1-3,5-6,8,10,16,18-20,22H,4,7,9,11-15H2. The molecule has 2 fully saturated rings. The lowest BCUT2D eigenvalue weighted by atomic mass is 9.82. The number of aryl methyl sites for hydroxylation is 1. The summed E-state index contributed by atoms with van der Waals surface area (Å²) in [5.74, 6) is 1.20. The summed E-state index contributed by atoms with van der Waals surface area (Å²) in [5.41, 5.74) is 1.41. The lowest BCUT2D eigenvalue weighted by Crippen LogP contribution is -2.60. The number of fused-ring (bicyclic) bond motifs is 2. The largest absolute Gasteiger partial charge is 0.381 e. The topological polar surface area (TPSA) is 42.3 Å². The second-order valence-corrected chi connectivity index (χ2v) is 7.37. The predicted molar refractivity (Wildman–Crippen MR) is 98.2 cm³/mol. The fourth-order valence-electron chi connectivity index (χ4n) is 4.29. The number of hydrogen-bond donors (Lipinski definition) is 1. The number of likely N-dealkylation sites (tertiary alicyclic amines) is 1. The summed E-state index contributed by atoms with van der Waals surface area (Å²) < 4.78 is 8.00. The minimum absolute atomic E-state index is 0.601. The summed E-state index contributed by atoms with van der Waals surface area (Å²) in [6.07, 6.45) is 6.91. The highest BCUT2D eigenvalue weighted by atomic mass is 16.5. The molecule has 1 aromatic carbocycles. The van der Waals surface area contributed by atoms with Gasteiger partial charge in [0.2, 0.25) is 0 Å². The number of nitrogens with one attached hydrogen (secondary N) is 1. The van der Waals surface area contributed by atoms with Crippen LogP contribution in [-0.4, -0.2) is 53.3 Å². The molecule has 2 aromatic rings. The van der Waals surface area contributed by atoms with E-state index >= 15 is 0 Å². The van der Waals surface area contributed by atoms with E-state index in [1.54, 1.807) is 0 Å². The van der Waals surface area contributed by atoms with Gasteiger partial charge in [-0.05, 0) is 18.5 Å². The second-order valence-electron chi connectivity index (χ2n) is 7.37. The number of ether oxygens (including phenoxy) is 1. The number of imidazole rings is 1. The van der Waals surface area contributed by atoms with E-state index in [-0.39, 0.29) is 0 Å². The quantitative estimate of drug-likeness (QED) is 0.783. The first-order valence-electron chi connectivity index (χ1n) is 9.41. The maximum absolute atomic E-state index is 5.85. The summed E-state index contributed by atoms with van der Waals surface area (Å²) in [6, 6.07) is 11.4. The molecule has 2 bridgehead atoms. The molecule has 0 aliphatic carbocycles. The Kier molecular flexibility index (Phi) is 5.45. The number of benzene rings is 1. The van der Waals surface area contributed by atoms with Gasteiger partial charge in [-0.3, -0.25) is 4.90 Å². The van der Waals surface area contributed by atoms with Crippen LogP contribution >= 0.6 is 0 Å². The highest BCUT2D eigenvalue weighted by Gasteiger charge is 2.39. The number of piperidine rings is 1. The van der Waals surface area contributed by atoms with Crippen LogP contribution in [0.5, 0.6) is 0 Å². The fraction of sp³-hybridized carbons (Fsp3) is 0.550. The van der Waals surface area contributed by atoms with Crippen molar-refractivity contribution in [1.29, 1.82) is 0 Å². The Morgan fingerprint density at radius 2 is 1.92 bits per heavy atom. The van der Waals surface area contributed by atoms with Crippen LogP contribution in [0.25, 0.3) is 0 Å². The maximum atomic E-state index is 5.85. The first-order chi connectivity index (χ1) is 12.4. The predicted octanol–water partition coefficient (Wildman–Crippen LogP) is 2.01. The molecule has 5 heteroatoms. The monoisotopic (exact) mass is 340 g/mol. The summed E-state index contributed by atoms with van der Waals surface area (Å²) in [6.45, 7) is 7.19. The number of rotatable bonds is 7. The molecule has 134 valence electrons. The molecule has 4 rings (SSSR count). The van der Waals surface area contributed by atoms with Gasteiger partial charge in [-0.25, -0.2) is 4.98 Å². The van der Waals surface area contributed by atoms with Crippen LogP contribution < -0.4 is 5.32 Å². The molecule has 2 aliphatic rings. The Hall–Kier alpha value is -1.69. The molecule has 2 atom stereocenters. The molecule has 0 radical (unpaired) electrons. The van der Waals surface area contributed by atoms with Crippen LogP contribution in [0, 0.1) is 11.8 Å². The minimum Gasteiger partial charge on any atom is -0.381 e. The van der Waals surface area contributed by atoms with E-state index in [0.29, 0.717) is 17.9 Å². The Morgan fingerprint density at radius 1 is 1.12 bits per heavy atom. The fourth-order valence-corrected chi connectivity index (χ4v) is 4.29. The molecule has 2 aliphatic heterocycles. The molecular weight excluding hydrogens is 312 g/mol. The van der Waals surface area contributed by atoms with Crippen LogP contribution in [0.1, 0.15) is 12.0 Å². The van der Waals surface area contributed by atoms with Gasteiger partial charge < -0.3 is 14.6 Å². The van der Waals surface area contributed by atoms with Gasteiger partial charge in [0.05, 0.1) is 19.5 Å². The van der Waals surface area contributed by atoms with Crippen molar-refractivity contribution in [2.24, 2.45) is 11.8 Å². The molecular formula is C20H28N4O. The van der Waals surface area contributed by atoms with E-state index in [1.165, 1.54) is 5.56 Å². The Labute approximate surface area is 150 Å². The zero-order chi connectivity index (χ0) is 16.9. The highest BCUT2D eigenvalue weighted by Crippen LogP contribution is 2.28. The third-order valence-corrected chi connectivity index (χ3v) is 5.45. The SMILES string of the molecule is c1ccc(CN2CC3COCC(C2)C3NCCCn2ccnc2)cc1. The van der Waals surface area contributed by atoms with Gasteiger partial charge in [0, 0.05) is 56.5 Å². The number of hydrogen-bond acceptors (Lipinski definition) is 4. The molecule has 2 saturated heterocycles. The van der Waals surface area contributed by atoms with Gasteiger partial charge in [-0.2, -0.15) is 0 Å². The average molecular weight is 340 g/mol. The van der Waals surface area contributed by atoms with Crippen LogP contribution in [-0.2, 0) is 17.8 Å². The van der Waals surface area contributed by atoms with Crippen molar-refractivity contribution >= 4 is 0 Å². The molecule has 5 nitrogen and oxygen atoms in total. The third kappa shape index (κ3) is 4.29. The zero-order valence-electron chi connectivity index (χ0n) is 14.8. The number of aromatic nitrogens is 2. The van der Waals surface area contributed by atoms with Crippen molar-refractivity contribution in [3.8, 4) is 0 Å². The molecule has 3 heterocycles. The van der Waals surface area contributed by atoms with Crippen molar-refractivity contribution in [2.45, 2.75) is 25.6 Å². The summed E-state index contributed by atoms with van der Waals surface area (Å²) >= 11 is 0. The highest BCUT2D eigenvalue weighted by molar-refractivity contribution is 5.14. The normalized spacial score (nSPS) is 26.6. The van der Waals surface area contributed by atoms with Crippen molar-refractivity contribution in [2.75, 3.05) is 32.8 Å². The van der Waals surface area contributed by atoms with Crippen LogP contribution in [0.15, 0.2) is 49.1 Å². The van der Waals surface area contributed by atoms with E-state index in [1.807, 2.05) is 18.7 Å². The van der Waals surface area contributed by atoms with Gasteiger partial charge in [0.25, 0.3) is 0 Å². The first-order valence-corrected chi connectivity index (χ1v) is 9.41. The van der Waals surface area contributed by atoms with Gasteiger partial charge in [0.1, 0.15) is 0 Å². The third-order valence-electron chi connectivity index (χ3n) is 5.45. The summed E-state index contributed by atoms with van der Waals surface area (Å²) in [4.78, 5) is 6.71. The number of nitrogens with zero attached hydrogens (tertiary/aromatic N) is 3. The van der Waals surface area contributed by atoms with E-state index in [2.05, 4.69) is 50.1 Å². The second kappa shape index (κ2) is 8.13. The zero-order valence-corrected chi connectivity index (χ0v) is 14.8. The lowest BCUT2D eigenvalue weighted by molar-refractivity contribution is -0.0664. The Morgan fingerprint density at radius 3 is 2.64 bits per heavy atom. The van der Waals surface area contributed by atoms with Crippen molar-refractivity contribution in [1.82, 2.24) is 19.8 Å². The van der Waals surface area contributed by atoms with Crippen molar-refractivity contribution in [3.63, 3.8) is 0 Å². The molecule has 0 spiro atoms. The van der Waals surface area contributed by atoms with Gasteiger partial charge in [-0.1, -0.05) is 30.3 Å². The summed E-state index contributed by atoms with van der Waals surface area (Å²) in [5, 5.41) is 3.83. The van der Waals surface area contributed by atoms with Crippen molar-refractivity contribution in [3.05, 3.63) is 54.6 Å². The van der Waals surface area contributed by atoms with Crippen LogP contribution in [0.2, 0.25) is 0 Å². The molecule has 0 amide bonds. The van der Waals surface area contributed by atoms with Gasteiger partial charge in [-0.15, -0.1) is 0 Å². The molecule has 0 saturated carbocycles. The van der Waals surface area contributed by atoms with E-state index in [4.69, 9.17) is 4.74 Å². The maximum Gasteiger partial charge on any atom is 0.0945 e. The smallest absolute Gasteiger partial charge is 0.0945 e. The van der Waals surface area contributed by atoms with Gasteiger partial charge in [0.15, 0.2) is 0 Å². The van der Waals surface area contributed by atoms with E-state index < -0.39 is 0 Å². The van der Waals surface area contributed by atoms with Gasteiger partial charge >= 0.3 is 0 Å². The molecule has 2 unspecified atom stereocenters. The van der Waals surface area contributed by atoms with Crippen molar-refractivity contribution < 1.29 is 4.74 Å². The molecule has 1 aromatic heterocycles.